The van der Waals surface area contributed by atoms with Crippen molar-refractivity contribution in [1.82, 2.24) is 0 Å². The summed E-state index contributed by atoms with van der Waals surface area (Å²) in [5, 5.41) is 0. The summed E-state index contributed by atoms with van der Waals surface area (Å²) in [6.45, 7) is 5.17. The van der Waals surface area contributed by atoms with E-state index in [1.807, 2.05) is 0 Å². The molecule has 0 aliphatic rings. The van der Waals surface area contributed by atoms with Crippen LogP contribution in [0.1, 0.15) is 168 Å². The second-order valence-electron chi connectivity index (χ2n) is 9.91. The minimum atomic E-state index is -3.86. The van der Waals surface area contributed by atoms with Gasteiger partial charge in [-0.15, -0.1) is 0 Å². The van der Waals surface area contributed by atoms with Crippen LogP contribution in [0.15, 0.2) is 0 Å². The van der Waals surface area contributed by atoms with Gasteiger partial charge in [0, 0.05) is 0 Å². The van der Waals surface area contributed by atoms with Gasteiger partial charge in [0.1, 0.15) is 0 Å². The predicted molar refractivity (Wildman–Crippen MR) is 158 cm³/mol. The molecular formula is C28H61K2O4P. The molecule has 204 valence electrons. The van der Waals surface area contributed by atoms with Crippen LogP contribution >= 0.6 is 7.82 Å². The maximum absolute atomic E-state index is 11.9. The molecule has 0 amide bonds. The molecule has 0 rings (SSSR count). The SMILES string of the molecule is CCCCCCCCCCCCCCOP(=O)(O)OCCCCCCCCCCCCCC.[KH].[KH]. The fraction of sp³-hybridized carbons (Fsp3) is 1.00. The molecule has 0 aliphatic carbocycles. The number of rotatable bonds is 28. The van der Waals surface area contributed by atoms with Crippen LogP contribution in [0.2, 0.25) is 0 Å². The number of phosphoric acid groups is 1. The molecule has 0 bridgehead atoms. The molecule has 0 aromatic rings. The van der Waals surface area contributed by atoms with E-state index >= 15 is 0 Å². The van der Waals surface area contributed by atoms with E-state index in [2.05, 4.69) is 13.8 Å². The van der Waals surface area contributed by atoms with E-state index in [4.69, 9.17) is 9.05 Å². The molecule has 0 aliphatic heterocycles. The second kappa shape index (κ2) is 35.4. The topological polar surface area (TPSA) is 55.8 Å². The van der Waals surface area contributed by atoms with Gasteiger partial charge in [0.05, 0.1) is 13.2 Å². The zero-order valence-electron chi connectivity index (χ0n) is 22.5. The summed E-state index contributed by atoms with van der Waals surface area (Å²) >= 11 is 0. The van der Waals surface area contributed by atoms with Crippen molar-refractivity contribution in [2.24, 2.45) is 0 Å². The molecule has 0 aromatic heterocycles. The first kappa shape index (κ1) is 42.8. The normalized spacial score (nSPS) is 11.3. The summed E-state index contributed by atoms with van der Waals surface area (Å²) in [6.07, 6.45) is 30.6. The fourth-order valence-corrected chi connectivity index (χ4v) is 5.08. The number of unbranched alkanes of at least 4 members (excludes halogenated alkanes) is 22. The van der Waals surface area contributed by atoms with Crippen LogP contribution < -0.4 is 0 Å². The first-order valence-electron chi connectivity index (χ1n) is 14.7. The molecule has 0 spiro atoms. The molecule has 0 aromatic carbocycles. The number of hydrogen-bond donors (Lipinski definition) is 1. The van der Waals surface area contributed by atoms with Gasteiger partial charge in [0.15, 0.2) is 0 Å². The van der Waals surface area contributed by atoms with Crippen molar-refractivity contribution >= 4 is 111 Å². The Bertz CT molecular complexity index is 394. The average molecular weight is 571 g/mol. The standard InChI is InChI=1S/C28H59O4P.2K.2H/c1-3-5-7-9-11-13-15-17-19-21-23-25-27-31-33(29,30)32-28-26-24-22-20-18-16-14-12-10-8-6-4-2;;;;/h3-28H2,1-2H3,(H,29,30);;;;. The fourth-order valence-electron chi connectivity index (χ4n) is 4.28. The first-order valence-corrected chi connectivity index (χ1v) is 16.2. The van der Waals surface area contributed by atoms with Gasteiger partial charge in [-0.2, -0.15) is 0 Å². The van der Waals surface area contributed by atoms with Crippen molar-refractivity contribution in [2.75, 3.05) is 13.2 Å². The number of phosphoric ester groups is 1. The Hall–Kier alpha value is 3.38. The monoisotopic (exact) mass is 570 g/mol. The molecule has 0 unspecified atom stereocenters. The van der Waals surface area contributed by atoms with Gasteiger partial charge >= 0.3 is 111 Å². The summed E-state index contributed by atoms with van der Waals surface area (Å²) < 4.78 is 22.2. The molecule has 0 fully saturated rings. The van der Waals surface area contributed by atoms with Crippen LogP contribution in [0, 0.1) is 0 Å². The Kier molecular flexibility index (Phi) is 43.3. The Morgan fingerprint density at radius 2 is 0.629 bits per heavy atom. The van der Waals surface area contributed by atoms with Crippen LogP contribution in [0.4, 0.5) is 0 Å². The molecule has 7 heteroatoms. The third-order valence-electron chi connectivity index (χ3n) is 6.50. The van der Waals surface area contributed by atoms with Crippen LogP contribution in [0.3, 0.4) is 0 Å². The maximum atomic E-state index is 11.9. The van der Waals surface area contributed by atoms with Gasteiger partial charge in [0.25, 0.3) is 0 Å². The summed E-state index contributed by atoms with van der Waals surface area (Å²) in [5.41, 5.74) is 0. The van der Waals surface area contributed by atoms with Crippen molar-refractivity contribution in [3.63, 3.8) is 0 Å². The van der Waals surface area contributed by atoms with Crippen molar-refractivity contribution in [3.8, 4) is 0 Å². The van der Waals surface area contributed by atoms with Crippen molar-refractivity contribution in [2.45, 2.75) is 168 Å². The van der Waals surface area contributed by atoms with E-state index in [-0.39, 0.29) is 103 Å². The Labute approximate surface area is 305 Å². The molecule has 0 atom stereocenters. The van der Waals surface area contributed by atoms with Gasteiger partial charge in [-0.3, -0.25) is 9.05 Å². The third-order valence-corrected chi connectivity index (χ3v) is 7.52. The van der Waals surface area contributed by atoms with Crippen LogP contribution in [-0.2, 0) is 13.6 Å². The third kappa shape index (κ3) is 37.4. The molecule has 0 saturated carbocycles. The van der Waals surface area contributed by atoms with E-state index in [1.54, 1.807) is 0 Å². The van der Waals surface area contributed by atoms with Gasteiger partial charge in [-0.1, -0.05) is 155 Å². The first-order chi connectivity index (χ1) is 16.1. The van der Waals surface area contributed by atoms with Crippen molar-refractivity contribution < 1.29 is 18.5 Å². The van der Waals surface area contributed by atoms with Gasteiger partial charge in [-0.25, -0.2) is 4.57 Å². The second-order valence-corrected chi connectivity index (χ2v) is 11.4. The zero-order valence-corrected chi connectivity index (χ0v) is 23.4. The Morgan fingerprint density at radius 1 is 0.429 bits per heavy atom. The molecular weight excluding hydrogens is 509 g/mol. The predicted octanol–water partition coefficient (Wildman–Crippen LogP) is 9.23. The Morgan fingerprint density at radius 3 is 0.857 bits per heavy atom. The van der Waals surface area contributed by atoms with Crippen LogP contribution in [0.5, 0.6) is 0 Å². The molecule has 0 heterocycles. The average Bonchev–Trinajstić information content (AvgIpc) is 2.80. The Balaban J connectivity index is -0.00000512. The molecule has 1 N–H and O–H groups in total. The minimum absolute atomic E-state index is 0. The van der Waals surface area contributed by atoms with Crippen LogP contribution in [0.25, 0.3) is 0 Å². The summed E-state index contributed by atoms with van der Waals surface area (Å²) in [6, 6.07) is 0. The van der Waals surface area contributed by atoms with E-state index in [1.165, 1.54) is 128 Å². The van der Waals surface area contributed by atoms with Gasteiger partial charge in [0.2, 0.25) is 0 Å². The number of hydrogen-bond acceptors (Lipinski definition) is 3. The summed E-state index contributed by atoms with van der Waals surface area (Å²) in [5.74, 6) is 0. The summed E-state index contributed by atoms with van der Waals surface area (Å²) in [4.78, 5) is 9.78. The zero-order chi connectivity index (χ0) is 24.3. The molecule has 0 saturated heterocycles. The van der Waals surface area contributed by atoms with E-state index in [9.17, 15) is 9.46 Å². The molecule has 35 heavy (non-hydrogen) atoms. The van der Waals surface area contributed by atoms with E-state index in [0.29, 0.717) is 13.2 Å². The van der Waals surface area contributed by atoms with Crippen molar-refractivity contribution in [3.05, 3.63) is 0 Å². The van der Waals surface area contributed by atoms with Gasteiger partial charge < -0.3 is 4.89 Å². The quantitative estimate of drug-likeness (QED) is 0.0578. The van der Waals surface area contributed by atoms with Gasteiger partial charge in [-0.05, 0) is 12.8 Å². The summed E-state index contributed by atoms with van der Waals surface area (Å²) in [7, 11) is -3.86. The van der Waals surface area contributed by atoms with Crippen LogP contribution in [-0.4, -0.2) is 121 Å². The van der Waals surface area contributed by atoms with E-state index < -0.39 is 7.82 Å². The molecule has 4 nitrogen and oxygen atoms in total. The van der Waals surface area contributed by atoms with E-state index in [0.717, 1.165) is 25.7 Å². The van der Waals surface area contributed by atoms with Crippen molar-refractivity contribution in [1.29, 1.82) is 0 Å². The molecule has 0 radical (unpaired) electrons.